The van der Waals surface area contributed by atoms with Crippen LogP contribution in [-0.4, -0.2) is 60.9 Å². The van der Waals surface area contributed by atoms with Gasteiger partial charge in [0.2, 0.25) is 11.8 Å². The summed E-state index contributed by atoms with van der Waals surface area (Å²) in [5, 5.41) is 0. The van der Waals surface area contributed by atoms with Gasteiger partial charge in [0.1, 0.15) is 0 Å². The van der Waals surface area contributed by atoms with Crippen LogP contribution in [0.4, 0.5) is 5.69 Å². The van der Waals surface area contributed by atoms with E-state index in [4.69, 9.17) is 0 Å². The zero-order valence-corrected chi connectivity index (χ0v) is 14.1. The lowest BCUT2D eigenvalue weighted by atomic mass is 10.2. The minimum Gasteiger partial charge on any atom is -0.369 e. The van der Waals surface area contributed by atoms with E-state index in [-0.39, 0.29) is 24.2 Å². The number of nitrogens with zero attached hydrogens (tertiary/aromatic N) is 3. The minimum atomic E-state index is -0.00102. The number of amides is 2. The molecule has 2 amide bonds. The van der Waals surface area contributed by atoms with E-state index < -0.39 is 0 Å². The second-order valence-electron chi connectivity index (χ2n) is 5.96. The van der Waals surface area contributed by atoms with Gasteiger partial charge in [-0.15, -0.1) is 12.4 Å². The molecule has 3 rings (SSSR count). The average Bonchev–Trinajstić information content (AvgIpc) is 2.88. The van der Waals surface area contributed by atoms with E-state index in [1.165, 1.54) is 10.6 Å². The lowest BCUT2D eigenvalue weighted by Crippen LogP contribution is -2.47. The van der Waals surface area contributed by atoms with E-state index in [2.05, 4.69) is 34.1 Å². The number of benzene rings is 1. The maximum atomic E-state index is 11.6. The van der Waals surface area contributed by atoms with Gasteiger partial charge in [-0.25, -0.2) is 0 Å². The number of piperazine rings is 1. The number of rotatable bonds is 5. The van der Waals surface area contributed by atoms with Crippen molar-refractivity contribution in [1.29, 1.82) is 0 Å². The molecule has 126 valence electrons. The van der Waals surface area contributed by atoms with E-state index in [1.54, 1.807) is 0 Å². The molecule has 2 saturated heterocycles. The summed E-state index contributed by atoms with van der Waals surface area (Å²) in [5.74, 6) is -0.00204. The Kier molecular flexibility index (Phi) is 6.42. The minimum absolute atomic E-state index is 0. The third-order valence-corrected chi connectivity index (χ3v) is 4.50. The first kappa shape index (κ1) is 17.8. The van der Waals surface area contributed by atoms with Crippen molar-refractivity contribution in [3.8, 4) is 0 Å². The van der Waals surface area contributed by atoms with Gasteiger partial charge < -0.3 is 4.90 Å². The first-order chi connectivity index (χ1) is 10.7. The molecule has 0 unspecified atom stereocenters. The highest BCUT2D eigenvalue weighted by Crippen LogP contribution is 2.16. The Balaban J connectivity index is 0.00000192. The largest absolute Gasteiger partial charge is 0.369 e. The highest BCUT2D eigenvalue weighted by atomic mass is 35.5. The Morgan fingerprint density at radius 2 is 1.43 bits per heavy atom. The number of hydrogen-bond donors (Lipinski definition) is 0. The molecule has 0 N–H and O–H groups in total. The molecule has 5 nitrogen and oxygen atoms in total. The van der Waals surface area contributed by atoms with Crippen LogP contribution in [0.15, 0.2) is 30.3 Å². The van der Waals surface area contributed by atoms with E-state index in [0.29, 0.717) is 19.4 Å². The Bertz CT molecular complexity index is 514. The third kappa shape index (κ3) is 4.45. The second-order valence-corrected chi connectivity index (χ2v) is 5.96. The summed E-state index contributed by atoms with van der Waals surface area (Å²) in [4.78, 5) is 29.4. The number of carbonyl (C=O) groups is 2. The van der Waals surface area contributed by atoms with Crippen molar-refractivity contribution in [3.63, 3.8) is 0 Å². The summed E-state index contributed by atoms with van der Waals surface area (Å²) in [6.45, 7) is 5.68. The molecular weight excluding hydrogens is 314 g/mol. The molecule has 1 aromatic carbocycles. The first-order valence-corrected chi connectivity index (χ1v) is 8.09. The van der Waals surface area contributed by atoms with Crippen LogP contribution in [0, 0.1) is 0 Å². The molecule has 1 aromatic rings. The molecule has 0 aliphatic carbocycles. The highest BCUT2D eigenvalue weighted by molar-refractivity contribution is 6.01. The van der Waals surface area contributed by atoms with Gasteiger partial charge in [-0.05, 0) is 25.1 Å². The molecule has 6 heteroatoms. The zero-order valence-electron chi connectivity index (χ0n) is 13.3. The number of para-hydroxylation sites is 1. The predicted octanol–water partition coefficient (Wildman–Crippen LogP) is 1.77. The van der Waals surface area contributed by atoms with E-state index >= 15 is 0 Å². The Morgan fingerprint density at radius 1 is 0.826 bits per heavy atom. The van der Waals surface area contributed by atoms with Gasteiger partial charge in [-0.1, -0.05) is 18.2 Å². The van der Waals surface area contributed by atoms with Crippen molar-refractivity contribution in [2.75, 3.05) is 44.2 Å². The van der Waals surface area contributed by atoms with Crippen molar-refractivity contribution in [2.24, 2.45) is 0 Å². The number of likely N-dealkylation sites (tertiary alicyclic amines) is 1. The average molecular weight is 338 g/mol. The normalized spacial score (nSPS) is 19.1. The van der Waals surface area contributed by atoms with Crippen LogP contribution in [-0.2, 0) is 9.59 Å². The number of anilines is 1. The van der Waals surface area contributed by atoms with E-state index in [9.17, 15) is 9.59 Å². The lowest BCUT2D eigenvalue weighted by Gasteiger charge is -2.36. The van der Waals surface area contributed by atoms with Crippen molar-refractivity contribution in [1.82, 2.24) is 9.80 Å². The number of halogens is 1. The molecule has 0 aromatic heterocycles. The van der Waals surface area contributed by atoms with Crippen molar-refractivity contribution in [2.45, 2.75) is 19.3 Å². The highest BCUT2D eigenvalue weighted by Gasteiger charge is 2.28. The molecule has 23 heavy (non-hydrogen) atoms. The number of hydrogen-bond acceptors (Lipinski definition) is 4. The molecule has 2 aliphatic rings. The molecule has 0 saturated carbocycles. The van der Waals surface area contributed by atoms with Gasteiger partial charge in [0.05, 0.1) is 0 Å². The van der Waals surface area contributed by atoms with E-state index in [1.807, 2.05) is 6.07 Å². The first-order valence-electron chi connectivity index (χ1n) is 8.09. The smallest absolute Gasteiger partial charge is 0.229 e. The summed E-state index contributed by atoms with van der Waals surface area (Å²) in [7, 11) is 0. The topological polar surface area (TPSA) is 43.9 Å². The molecule has 0 atom stereocenters. The van der Waals surface area contributed by atoms with Gasteiger partial charge in [0.15, 0.2) is 0 Å². The molecule has 2 heterocycles. The van der Waals surface area contributed by atoms with Crippen molar-refractivity contribution in [3.05, 3.63) is 30.3 Å². The standard InChI is InChI=1S/C17H23N3O2.ClH/c21-16-7-8-17(22)20(16)10-4-9-18-11-13-19(14-12-18)15-5-2-1-3-6-15;/h1-3,5-6H,4,7-14H2;1H. The van der Waals surface area contributed by atoms with Crippen LogP contribution in [0.25, 0.3) is 0 Å². The molecule has 0 radical (unpaired) electrons. The van der Waals surface area contributed by atoms with Gasteiger partial charge in [0, 0.05) is 51.3 Å². The van der Waals surface area contributed by atoms with Crippen molar-refractivity contribution >= 4 is 29.9 Å². The summed E-state index contributed by atoms with van der Waals surface area (Å²) in [5.41, 5.74) is 1.29. The summed E-state index contributed by atoms with van der Waals surface area (Å²) < 4.78 is 0. The molecule has 2 aliphatic heterocycles. The lowest BCUT2D eigenvalue weighted by molar-refractivity contribution is -0.138. The molecule has 0 spiro atoms. The summed E-state index contributed by atoms with van der Waals surface area (Å²) in [6, 6.07) is 10.5. The fourth-order valence-corrected chi connectivity index (χ4v) is 3.19. The quantitative estimate of drug-likeness (QED) is 0.768. The molecular formula is C17H24ClN3O2. The van der Waals surface area contributed by atoms with Gasteiger partial charge in [-0.2, -0.15) is 0 Å². The monoisotopic (exact) mass is 337 g/mol. The van der Waals surface area contributed by atoms with Gasteiger partial charge >= 0.3 is 0 Å². The van der Waals surface area contributed by atoms with Crippen LogP contribution in [0.5, 0.6) is 0 Å². The SMILES string of the molecule is Cl.O=C1CCC(=O)N1CCCN1CCN(c2ccccc2)CC1. The molecule has 2 fully saturated rings. The van der Waals surface area contributed by atoms with Crippen molar-refractivity contribution < 1.29 is 9.59 Å². The molecule has 0 bridgehead atoms. The van der Waals surface area contributed by atoms with Crippen LogP contribution in [0.1, 0.15) is 19.3 Å². The number of imide groups is 1. The van der Waals surface area contributed by atoms with Crippen LogP contribution >= 0.6 is 12.4 Å². The second kappa shape index (κ2) is 8.31. The van der Waals surface area contributed by atoms with E-state index in [0.717, 1.165) is 39.1 Å². The van der Waals surface area contributed by atoms with Crippen LogP contribution in [0.3, 0.4) is 0 Å². The summed E-state index contributed by atoms with van der Waals surface area (Å²) in [6.07, 6.45) is 1.67. The summed E-state index contributed by atoms with van der Waals surface area (Å²) >= 11 is 0. The Labute approximate surface area is 143 Å². The maximum absolute atomic E-state index is 11.6. The Morgan fingerprint density at radius 3 is 2.04 bits per heavy atom. The predicted molar refractivity (Wildman–Crippen MR) is 92.9 cm³/mol. The fourth-order valence-electron chi connectivity index (χ4n) is 3.19. The Hall–Kier alpha value is -1.59. The number of carbonyl (C=O) groups excluding carboxylic acids is 2. The van der Waals surface area contributed by atoms with Crippen LogP contribution < -0.4 is 4.90 Å². The third-order valence-electron chi connectivity index (χ3n) is 4.50. The van der Waals surface area contributed by atoms with Crippen LogP contribution in [0.2, 0.25) is 0 Å². The maximum Gasteiger partial charge on any atom is 0.229 e. The zero-order chi connectivity index (χ0) is 15.4. The fraction of sp³-hybridized carbons (Fsp3) is 0.529. The van der Waals surface area contributed by atoms with Gasteiger partial charge in [-0.3, -0.25) is 19.4 Å². The van der Waals surface area contributed by atoms with Gasteiger partial charge in [0.25, 0.3) is 0 Å².